The minimum atomic E-state index is 0.260. The molecule has 0 N–H and O–H groups in total. The van der Waals surface area contributed by atoms with Crippen molar-refractivity contribution in [3.8, 4) is 0 Å². The van der Waals surface area contributed by atoms with Crippen molar-refractivity contribution in [1.29, 1.82) is 0 Å². The molecule has 1 aliphatic rings. The van der Waals surface area contributed by atoms with Crippen molar-refractivity contribution < 1.29 is 4.79 Å². The van der Waals surface area contributed by atoms with Crippen molar-refractivity contribution in [3.05, 3.63) is 34.5 Å². The van der Waals surface area contributed by atoms with Crippen molar-refractivity contribution in [3.63, 3.8) is 0 Å². The summed E-state index contributed by atoms with van der Waals surface area (Å²) < 4.78 is 1.96. The van der Waals surface area contributed by atoms with Crippen LogP contribution in [0.25, 0.3) is 0 Å². The maximum absolute atomic E-state index is 12.4. The fraction of sp³-hybridized carbons (Fsp3) is 0.533. The summed E-state index contributed by atoms with van der Waals surface area (Å²) in [6.45, 7) is 1.65. The lowest BCUT2D eigenvalue weighted by Gasteiger charge is -2.32. The second kappa shape index (κ2) is 6.39. The van der Waals surface area contributed by atoms with Crippen molar-refractivity contribution in [1.82, 2.24) is 19.7 Å². The average molecular weight is 304 g/mol. The summed E-state index contributed by atoms with van der Waals surface area (Å²) in [6, 6.07) is 4.13. The standard InChI is InChI=1S/C15H20N4OS/c1-18-11-16-17-15(18)12-4-2-8-19(10-12)14(20)7-6-13-5-3-9-21-13/h3,5,9,11-12H,2,4,6-8,10H2,1H3/t12-/m1/s1. The van der Waals surface area contributed by atoms with Gasteiger partial charge in [0.25, 0.3) is 0 Å². The Morgan fingerprint density at radius 2 is 2.43 bits per heavy atom. The molecule has 3 rings (SSSR count). The second-order valence-electron chi connectivity index (χ2n) is 5.56. The van der Waals surface area contributed by atoms with Crippen LogP contribution in [0.1, 0.15) is 35.9 Å². The lowest BCUT2D eigenvalue weighted by Crippen LogP contribution is -2.39. The first-order valence-electron chi connectivity index (χ1n) is 7.38. The zero-order valence-electron chi connectivity index (χ0n) is 12.2. The molecule has 0 bridgehead atoms. The highest BCUT2D eigenvalue weighted by Crippen LogP contribution is 2.25. The molecule has 1 saturated heterocycles. The number of nitrogens with zero attached hydrogens (tertiary/aromatic N) is 4. The van der Waals surface area contributed by atoms with Gasteiger partial charge in [-0.3, -0.25) is 4.79 Å². The number of amides is 1. The van der Waals surface area contributed by atoms with E-state index in [4.69, 9.17) is 0 Å². The van der Waals surface area contributed by atoms with E-state index in [0.717, 1.165) is 38.2 Å². The molecule has 1 atom stereocenters. The lowest BCUT2D eigenvalue weighted by atomic mass is 9.97. The molecule has 2 aromatic heterocycles. The van der Waals surface area contributed by atoms with Crippen molar-refractivity contribution in [2.24, 2.45) is 7.05 Å². The van der Waals surface area contributed by atoms with Crippen LogP contribution in [-0.4, -0.2) is 38.7 Å². The minimum Gasteiger partial charge on any atom is -0.342 e. The number of piperidine rings is 1. The van der Waals surface area contributed by atoms with Gasteiger partial charge < -0.3 is 9.47 Å². The Kier molecular flexibility index (Phi) is 4.34. The van der Waals surface area contributed by atoms with Gasteiger partial charge in [-0.2, -0.15) is 0 Å². The Morgan fingerprint density at radius 3 is 3.14 bits per heavy atom. The molecule has 1 aliphatic heterocycles. The molecule has 21 heavy (non-hydrogen) atoms. The molecule has 5 nitrogen and oxygen atoms in total. The predicted molar refractivity (Wildman–Crippen MR) is 82.2 cm³/mol. The van der Waals surface area contributed by atoms with E-state index in [1.807, 2.05) is 22.6 Å². The van der Waals surface area contributed by atoms with Gasteiger partial charge in [0.2, 0.25) is 5.91 Å². The van der Waals surface area contributed by atoms with E-state index in [1.165, 1.54) is 4.88 Å². The monoisotopic (exact) mass is 304 g/mol. The van der Waals surface area contributed by atoms with Gasteiger partial charge in [0, 0.05) is 37.4 Å². The van der Waals surface area contributed by atoms with Gasteiger partial charge in [0.15, 0.2) is 0 Å². The van der Waals surface area contributed by atoms with Gasteiger partial charge in [-0.15, -0.1) is 21.5 Å². The van der Waals surface area contributed by atoms with Crippen LogP contribution in [-0.2, 0) is 18.3 Å². The van der Waals surface area contributed by atoms with Gasteiger partial charge in [0.1, 0.15) is 12.2 Å². The van der Waals surface area contributed by atoms with Crippen LogP contribution < -0.4 is 0 Å². The summed E-state index contributed by atoms with van der Waals surface area (Å²) in [5.41, 5.74) is 0. The van der Waals surface area contributed by atoms with Crippen LogP contribution >= 0.6 is 11.3 Å². The third kappa shape index (κ3) is 3.32. The second-order valence-corrected chi connectivity index (χ2v) is 6.59. The van der Waals surface area contributed by atoms with Crippen molar-refractivity contribution in [2.45, 2.75) is 31.6 Å². The number of aryl methyl sites for hydroxylation is 2. The lowest BCUT2D eigenvalue weighted by molar-refractivity contribution is -0.132. The highest BCUT2D eigenvalue weighted by atomic mass is 32.1. The van der Waals surface area contributed by atoms with E-state index >= 15 is 0 Å². The fourth-order valence-electron chi connectivity index (χ4n) is 2.92. The molecule has 0 saturated carbocycles. The Bertz CT molecular complexity index is 593. The molecule has 0 aromatic carbocycles. The van der Waals surface area contributed by atoms with Gasteiger partial charge >= 0.3 is 0 Å². The summed E-state index contributed by atoms with van der Waals surface area (Å²) in [5.74, 6) is 1.57. The van der Waals surface area contributed by atoms with E-state index in [2.05, 4.69) is 21.6 Å². The average Bonchev–Trinajstić information content (AvgIpc) is 3.16. The van der Waals surface area contributed by atoms with Gasteiger partial charge in [-0.05, 0) is 30.7 Å². The summed E-state index contributed by atoms with van der Waals surface area (Å²) in [5, 5.41) is 10.2. The first-order valence-corrected chi connectivity index (χ1v) is 8.26. The number of aromatic nitrogens is 3. The van der Waals surface area contributed by atoms with Crippen molar-refractivity contribution >= 4 is 17.2 Å². The van der Waals surface area contributed by atoms with Gasteiger partial charge in [-0.1, -0.05) is 6.07 Å². The van der Waals surface area contributed by atoms with Crippen LogP contribution in [0.2, 0.25) is 0 Å². The Labute approximate surface area is 128 Å². The van der Waals surface area contributed by atoms with E-state index in [1.54, 1.807) is 17.7 Å². The summed E-state index contributed by atoms with van der Waals surface area (Å²) in [6.07, 6.45) is 5.31. The predicted octanol–water partition coefficient (Wildman–Crippen LogP) is 2.22. The molecule has 6 heteroatoms. The number of carbonyl (C=O) groups is 1. The number of rotatable bonds is 4. The van der Waals surface area contributed by atoms with Gasteiger partial charge in [0.05, 0.1) is 0 Å². The van der Waals surface area contributed by atoms with E-state index in [9.17, 15) is 4.79 Å². The normalized spacial score (nSPS) is 18.9. The topological polar surface area (TPSA) is 51.0 Å². The molecular formula is C15H20N4OS. The largest absolute Gasteiger partial charge is 0.342 e. The minimum absolute atomic E-state index is 0.260. The van der Waals surface area contributed by atoms with Crippen LogP contribution in [0, 0.1) is 0 Å². The summed E-state index contributed by atoms with van der Waals surface area (Å²) in [4.78, 5) is 15.7. The molecule has 0 aliphatic carbocycles. The molecule has 0 radical (unpaired) electrons. The fourth-order valence-corrected chi connectivity index (χ4v) is 3.63. The zero-order chi connectivity index (χ0) is 14.7. The quantitative estimate of drug-likeness (QED) is 0.870. The highest BCUT2D eigenvalue weighted by molar-refractivity contribution is 7.09. The highest BCUT2D eigenvalue weighted by Gasteiger charge is 2.27. The van der Waals surface area contributed by atoms with E-state index < -0.39 is 0 Å². The van der Waals surface area contributed by atoms with Crippen LogP contribution in [0.15, 0.2) is 23.8 Å². The SMILES string of the molecule is Cn1cnnc1[C@@H]1CCCN(C(=O)CCc2cccs2)C1. The molecular weight excluding hydrogens is 284 g/mol. The molecule has 0 unspecified atom stereocenters. The Morgan fingerprint density at radius 1 is 1.52 bits per heavy atom. The van der Waals surface area contributed by atoms with Crippen LogP contribution in [0.3, 0.4) is 0 Å². The number of thiophene rings is 1. The smallest absolute Gasteiger partial charge is 0.222 e. The molecule has 1 fully saturated rings. The third-order valence-electron chi connectivity index (χ3n) is 4.05. The molecule has 1 amide bonds. The number of hydrogen-bond donors (Lipinski definition) is 0. The van der Waals surface area contributed by atoms with Crippen LogP contribution in [0.4, 0.5) is 0 Å². The maximum Gasteiger partial charge on any atom is 0.222 e. The Balaban J connectivity index is 1.58. The van der Waals surface area contributed by atoms with Crippen LogP contribution in [0.5, 0.6) is 0 Å². The number of hydrogen-bond acceptors (Lipinski definition) is 4. The maximum atomic E-state index is 12.4. The molecule has 3 heterocycles. The molecule has 2 aromatic rings. The molecule has 0 spiro atoms. The zero-order valence-corrected chi connectivity index (χ0v) is 13.1. The van der Waals surface area contributed by atoms with E-state index in [0.29, 0.717) is 12.3 Å². The van der Waals surface area contributed by atoms with Gasteiger partial charge in [-0.25, -0.2) is 0 Å². The first kappa shape index (κ1) is 14.3. The number of likely N-dealkylation sites (tertiary alicyclic amines) is 1. The third-order valence-corrected chi connectivity index (χ3v) is 4.99. The first-order chi connectivity index (χ1) is 10.2. The molecule has 112 valence electrons. The summed E-state index contributed by atoms with van der Waals surface area (Å²) >= 11 is 1.72. The van der Waals surface area contributed by atoms with E-state index in [-0.39, 0.29) is 5.91 Å². The van der Waals surface area contributed by atoms with Crippen molar-refractivity contribution in [2.75, 3.05) is 13.1 Å². The summed E-state index contributed by atoms with van der Waals surface area (Å²) in [7, 11) is 1.97. The Hall–Kier alpha value is -1.69. The number of carbonyl (C=O) groups excluding carboxylic acids is 1.